The van der Waals surface area contributed by atoms with Gasteiger partial charge in [-0.05, 0) is 43.2 Å². The van der Waals surface area contributed by atoms with Crippen molar-refractivity contribution in [2.45, 2.75) is 18.8 Å². The van der Waals surface area contributed by atoms with Gasteiger partial charge in [-0.15, -0.1) is 11.3 Å². The van der Waals surface area contributed by atoms with Gasteiger partial charge in [0.25, 0.3) is 11.8 Å². The molecule has 0 bridgehead atoms. The molecule has 0 unspecified atom stereocenters. The molecule has 0 atom stereocenters. The molecule has 3 aromatic rings. The van der Waals surface area contributed by atoms with Crippen LogP contribution in [0.25, 0.3) is 0 Å². The van der Waals surface area contributed by atoms with E-state index < -0.39 is 11.7 Å². The van der Waals surface area contributed by atoms with Crippen LogP contribution in [0.2, 0.25) is 10.0 Å². The van der Waals surface area contributed by atoms with Crippen molar-refractivity contribution in [3.63, 3.8) is 0 Å². The fourth-order valence-electron chi connectivity index (χ4n) is 3.73. The van der Waals surface area contributed by atoms with Gasteiger partial charge in [0.15, 0.2) is 0 Å². The molecule has 1 aliphatic heterocycles. The van der Waals surface area contributed by atoms with E-state index in [1.165, 1.54) is 36.6 Å². The zero-order valence-corrected chi connectivity index (χ0v) is 19.9. The molecule has 172 valence electrons. The van der Waals surface area contributed by atoms with Crippen molar-refractivity contribution in [1.82, 2.24) is 9.88 Å². The summed E-state index contributed by atoms with van der Waals surface area (Å²) in [6.45, 7) is 0.907. The zero-order valence-electron chi connectivity index (χ0n) is 17.6. The van der Waals surface area contributed by atoms with Crippen LogP contribution in [-0.2, 0) is 0 Å². The van der Waals surface area contributed by atoms with Gasteiger partial charge in [0.2, 0.25) is 0 Å². The lowest BCUT2D eigenvalue weighted by Crippen LogP contribution is -2.38. The van der Waals surface area contributed by atoms with E-state index in [-0.39, 0.29) is 22.4 Å². The number of hydrogen-bond donors (Lipinski definition) is 1. The molecule has 33 heavy (non-hydrogen) atoms. The lowest BCUT2D eigenvalue weighted by molar-refractivity contribution is 0.0708. The predicted molar refractivity (Wildman–Crippen MR) is 127 cm³/mol. The van der Waals surface area contributed by atoms with Gasteiger partial charge in [0.05, 0.1) is 28.4 Å². The average Bonchev–Trinajstić information content (AvgIpc) is 3.30. The first-order chi connectivity index (χ1) is 15.9. The quantitative estimate of drug-likeness (QED) is 0.468. The number of benzene rings is 2. The summed E-state index contributed by atoms with van der Waals surface area (Å²) in [6.07, 6.45) is 1.32. The Morgan fingerprint density at radius 2 is 1.97 bits per heavy atom. The first-order valence-electron chi connectivity index (χ1n) is 10.2. The highest BCUT2D eigenvalue weighted by molar-refractivity contribution is 7.10. The minimum Gasteiger partial charge on any atom is -0.495 e. The van der Waals surface area contributed by atoms with Crippen molar-refractivity contribution in [3.05, 3.63) is 73.9 Å². The number of anilines is 1. The summed E-state index contributed by atoms with van der Waals surface area (Å²) in [6, 6.07) is 9.17. The summed E-state index contributed by atoms with van der Waals surface area (Å²) >= 11 is 13.5. The van der Waals surface area contributed by atoms with Gasteiger partial charge in [-0.2, -0.15) is 0 Å². The molecule has 0 radical (unpaired) electrons. The first-order valence-corrected chi connectivity index (χ1v) is 11.8. The van der Waals surface area contributed by atoms with E-state index in [4.69, 9.17) is 27.9 Å². The Morgan fingerprint density at radius 1 is 1.21 bits per heavy atom. The molecule has 0 saturated carbocycles. The van der Waals surface area contributed by atoms with Gasteiger partial charge in [0, 0.05) is 29.4 Å². The maximum atomic E-state index is 14.1. The third kappa shape index (κ3) is 5.13. The van der Waals surface area contributed by atoms with Crippen molar-refractivity contribution >= 4 is 52.0 Å². The third-order valence-corrected chi connectivity index (χ3v) is 7.03. The number of carbonyl (C=O) groups excluding carboxylic acids is 2. The fraction of sp³-hybridized carbons (Fsp3) is 0.261. The SMILES string of the molecule is COc1ccc(Cl)cc1NC(=O)c1csc(C2CCN(C(=O)c3c(F)cccc3Cl)CC2)n1. The number of amides is 2. The minimum absolute atomic E-state index is 0.0951. The molecule has 6 nitrogen and oxygen atoms in total. The van der Waals surface area contributed by atoms with Gasteiger partial charge in [-0.25, -0.2) is 9.37 Å². The van der Waals surface area contributed by atoms with Crippen LogP contribution in [0.3, 0.4) is 0 Å². The normalized spacial score (nSPS) is 14.2. The minimum atomic E-state index is -0.624. The molecule has 1 aliphatic rings. The third-order valence-electron chi connectivity index (χ3n) is 5.47. The Morgan fingerprint density at radius 3 is 2.67 bits per heavy atom. The van der Waals surface area contributed by atoms with Crippen molar-refractivity contribution in [3.8, 4) is 5.75 Å². The van der Waals surface area contributed by atoms with E-state index in [9.17, 15) is 14.0 Å². The van der Waals surface area contributed by atoms with Gasteiger partial charge >= 0.3 is 0 Å². The summed E-state index contributed by atoms with van der Waals surface area (Å²) in [5.41, 5.74) is 0.666. The second-order valence-corrected chi connectivity index (χ2v) is 9.27. The molecule has 2 aromatic carbocycles. The Hall–Kier alpha value is -2.68. The number of rotatable bonds is 5. The number of nitrogens with zero attached hydrogens (tertiary/aromatic N) is 2. The fourth-order valence-corrected chi connectivity index (χ4v) is 5.12. The van der Waals surface area contributed by atoms with E-state index in [1.54, 1.807) is 28.5 Å². The predicted octanol–water partition coefficient (Wildman–Crippen LogP) is 5.87. The highest BCUT2D eigenvalue weighted by Crippen LogP contribution is 2.33. The Labute approximate surface area is 204 Å². The average molecular weight is 508 g/mol. The van der Waals surface area contributed by atoms with Crippen molar-refractivity contribution in [2.24, 2.45) is 0 Å². The maximum Gasteiger partial charge on any atom is 0.275 e. The van der Waals surface area contributed by atoms with Gasteiger partial charge in [0.1, 0.15) is 17.3 Å². The van der Waals surface area contributed by atoms with Crippen LogP contribution >= 0.6 is 34.5 Å². The molecular formula is C23H20Cl2FN3O3S. The number of likely N-dealkylation sites (tertiary alicyclic amines) is 1. The van der Waals surface area contributed by atoms with E-state index in [1.807, 2.05) is 0 Å². The number of piperidine rings is 1. The van der Waals surface area contributed by atoms with E-state index in [0.717, 1.165) is 5.01 Å². The lowest BCUT2D eigenvalue weighted by atomic mass is 9.97. The van der Waals surface area contributed by atoms with E-state index >= 15 is 0 Å². The second-order valence-electron chi connectivity index (χ2n) is 7.53. The first kappa shape index (κ1) is 23.5. The lowest BCUT2D eigenvalue weighted by Gasteiger charge is -2.31. The van der Waals surface area contributed by atoms with E-state index in [0.29, 0.717) is 48.1 Å². The molecule has 2 amide bonds. The van der Waals surface area contributed by atoms with Gasteiger partial charge in [-0.3, -0.25) is 9.59 Å². The van der Waals surface area contributed by atoms with Crippen molar-refractivity contribution < 1.29 is 18.7 Å². The molecule has 1 N–H and O–H groups in total. The Kier molecular flexibility index (Phi) is 7.17. The second kappa shape index (κ2) is 10.1. The number of nitrogens with one attached hydrogen (secondary N) is 1. The number of carbonyl (C=O) groups is 2. The number of aromatic nitrogens is 1. The van der Waals surface area contributed by atoms with Crippen LogP contribution in [0.1, 0.15) is 44.6 Å². The topological polar surface area (TPSA) is 71.5 Å². The van der Waals surface area contributed by atoms with Gasteiger partial charge < -0.3 is 15.0 Å². The molecule has 1 fully saturated rings. The van der Waals surface area contributed by atoms with Crippen LogP contribution in [0, 0.1) is 5.82 Å². The monoisotopic (exact) mass is 507 g/mol. The summed E-state index contributed by atoms with van der Waals surface area (Å²) in [5, 5.41) is 5.90. The van der Waals surface area contributed by atoms with Crippen LogP contribution in [-0.4, -0.2) is 41.9 Å². The number of methoxy groups -OCH3 is 1. The standard InChI is InChI=1S/C23H20Cl2FN3O3S/c1-32-19-6-5-14(24)11-17(19)27-21(30)18-12-33-22(28-18)13-7-9-29(10-8-13)23(31)20-15(25)3-2-4-16(20)26/h2-6,11-13H,7-10H2,1H3,(H,27,30). The summed E-state index contributed by atoms with van der Waals surface area (Å²) < 4.78 is 19.4. The summed E-state index contributed by atoms with van der Waals surface area (Å²) in [5.74, 6) is -0.791. The van der Waals surface area contributed by atoms with Crippen molar-refractivity contribution in [2.75, 3.05) is 25.5 Å². The molecule has 0 aliphatic carbocycles. The number of hydrogen-bond acceptors (Lipinski definition) is 5. The summed E-state index contributed by atoms with van der Waals surface area (Å²) in [7, 11) is 1.51. The van der Waals surface area contributed by atoms with Crippen LogP contribution in [0.5, 0.6) is 5.75 Å². The largest absolute Gasteiger partial charge is 0.495 e. The smallest absolute Gasteiger partial charge is 0.275 e. The molecule has 10 heteroatoms. The highest BCUT2D eigenvalue weighted by atomic mass is 35.5. The zero-order chi connectivity index (χ0) is 23.5. The number of thiazole rings is 1. The van der Waals surface area contributed by atoms with Gasteiger partial charge in [-0.1, -0.05) is 29.3 Å². The maximum absolute atomic E-state index is 14.1. The molecule has 4 rings (SSSR count). The summed E-state index contributed by atoms with van der Waals surface area (Å²) in [4.78, 5) is 31.5. The highest BCUT2D eigenvalue weighted by Gasteiger charge is 2.29. The van der Waals surface area contributed by atoms with Crippen LogP contribution in [0.15, 0.2) is 41.8 Å². The molecule has 2 heterocycles. The Bertz CT molecular complexity index is 1180. The molecular weight excluding hydrogens is 488 g/mol. The van der Waals surface area contributed by atoms with Crippen molar-refractivity contribution in [1.29, 1.82) is 0 Å². The molecule has 1 aromatic heterocycles. The van der Waals surface area contributed by atoms with E-state index in [2.05, 4.69) is 10.3 Å². The van der Waals surface area contributed by atoms with Crippen LogP contribution < -0.4 is 10.1 Å². The number of ether oxygens (including phenoxy) is 1. The molecule has 0 spiro atoms. The number of halogens is 3. The molecule has 1 saturated heterocycles. The Balaban J connectivity index is 1.40. The van der Waals surface area contributed by atoms with Crippen LogP contribution in [0.4, 0.5) is 10.1 Å².